The van der Waals surface area contributed by atoms with Crippen molar-refractivity contribution in [1.29, 1.82) is 0 Å². The van der Waals surface area contributed by atoms with Crippen LogP contribution < -0.4 is 0 Å². The van der Waals surface area contributed by atoms with Gasteiger partial charge in [-0.15, -0.1) is 11.3 Å². The molecule has 2 amide bonds. The summed E-state index contributed by atoms with van der Waals surface area (Å²) in [5, 5.41) is 2.13. The number of rotatable bonds is 8. The molecule has 0 spiro atoms. The second kappa shape index (κ2) is 10.6. The molecule has 172 valence electrons. The van der Waals surface area contributed by atoms with Crippen molar-refractivity contribution >= 4 is 23.2 Å². The molecule has 4 rings (SSSR count). The lowest BCUT2D eigenvalue weighted by Crippen LogP contribution is -2.48. The van der Waals surface area contributed by atoms with Crippen LogP contribution in [0.2, 0.25) is 0 Å². The lowest BCUT2D eigenvalue weighted by molar-refractivity contribution is -0.144. The molecule has 1 aromatic carbocycles. The third-order valence-corrected chi connectivity index (χ3v) is 7.88. The molecule has 0 bridgehead atoms. The van der Waals surface area contributed by atoms with Crippen molar-refractivity contribution < 1.29 is 14.3 Å². The number of carbonyl (C=O) groups is 2. The summed E-state index contributed by atoms with van der Waals surface area (Å²) in [6.07, 6.45) is 5.74. The molecule has 6 heteroatoms. The smallest absolute Gasteiger partial charge is 0.242 e. The van der Waals surface area contributed by atoms with Crippen molar-refractivity contribution in [2.75, 3.05) is 33.4 Å². The predicted octanol–water partition coefficient (Wildman–Crippen LogP) is 4.59. The zero-order valence-electron chi connectivity index (χ0n) is 19.2. The van der Waals surface area contributed by atoms with Crippen LogP contribution in [0.3, 0.4) is 0 Å². The number of hydrogen-bond acceptors (Lipinski definition) is 4. The van der Waals surface area contributed by atoms with E-state index < -0.39 is 0 Å². The molecule has 1 saturated carbocycles. The highest BCUT2D eigenvalue weighted by molar-refractivity contribution is 7.10. The molecular weight excluding hydrogens is 420 g/mol. The number of methoxy groups -OCH3 is 1. The summed E-state index contributed by atoms with van der Waals surface area (Å²) in [5.41, 5.74) is 3.60. The lowest BCUT2D eigenvalue weighted by Gasteiger charge is -2.38. The zero-order valence-corrected chi connectivity index (χ0v) is 20.0. The SMILES string of the molecule is COCCCN(CC(=O)N1CCc2sccc2C1c1ccccc1C)C(=O)C1CCCC1. The minimum atomic E-state index is -0.0823. The van der Waals surface area contributed by atoms with Crippen molar-refractivity contribution in [2.24, 2.45) is 5.92 Å². The highest BCUT2D eigenvalue weighted by atomic mass is 32.1. The molecule has 1 aromatic heterocycles. The van der Waals surface area contributed by atoms with E-state index in [0.717, 1.165) is 38.5 Å². The molecule has 1 aliphatic heterocycles. The normalized spacial score (nSPS) is 18.6. The lowest BCUT2D eigenvalue weighted by atomic mass is 9.90. The van der Waals surface area contributed by atoms with E-state index in [9.17, 15) is 9.59 Å². The standard InChI is InChI=1S/C26H34N2O3S/c1-19-8-3-6-11-21(19)25-22-13-17-32-23(22)12-15-28(25)24(29)18-27(14-7-16-31-2)26(30)20-9-4-5-10-20/h3,6,8,11,13,17,20,25H,4-5,7,9-10,12,14-16,18H2,1-2H3. The van der Waals surface area contributed by atoms with E-state index in [1.54, 1.807) is 23.3 Å². The van der Waals surface area contributed by atoms with Gasteiger partial charge < -0.3 is 14.5 Å². The van der Waals surface area contributed by atoms with Gasteiger partial charge in [0.1, 0.15) is 0 Å². The fourth-order valence-corrected chi connectivity index (χ4v) is 6.07. The Labute approximate surface area is 195 Å². The summed E-state index contributed by atoms with van der Waals surface area (Å²) in [6.45, 7) is 4.12. The Morgan fingerprint density at radius 3 is 2.69 bits per heavy atom. The Balaban J connectivity index is 1.57. The van der Waals surface area contributed by atoms with Crippen molar-refractivity contribution in [1.82, 2.24) is 9.80 Å². The van der Waals surface area contributed by atoms with Gasteiger partial charge in [-0.1, -0.05) is 37.1 Å². The van der Waals surface area contributed by atoms with E-state index >= 15 is 0 Å². The van der Waals surface area contributed by atoms with E-state index in [-0.39, 0.29) is 30.3 Å². The molecule has 0 radical (unpaired) electrons. The first kappa shape index (κ1) is 23.0. The second-order valence-electron chi connectivity index (χ2n) is 8.98. The van der Waals surface area contributed by atoms with Gasteiger partial charge in [0.2, 0.25) is 11.8 Å². The first-order chi connectivity index (χ1) is 15.6. The van der Waals surface area contributed by atoms with E-state index in [1.807, 2.05) is 17.0 Å². The third kappa shape index (κ3) is 4.91. The van der Waals surface area contributed by atoms with Crippen LogP contribution in [0.4, 0.5) is 0 Å². The summed E-state index contributed by atoms with van der Waals surface area (Å²) in [4.78, 5) is 32.1. The van der Waals surface area contributed by atoms with Gasteiger partial charge in [-0.25, -0.2) is 0 Å². The number of amides is 2. The van der Waals surface area contributed by atoms with Crippen LogP contribution in [0, 0.1) is 12.8 Å². The summed E-state index contributed by atoms with van der Waals surface area (Å²) in [6, 6.07) is 10.4. The quantitative estimate of drug-likeness (QED) is 0.549. The Morgan fingerprint density at radius 2 is 1.94 bits per heavy atom. The van der Waals surface area contributed by atoms with Crippen molar-refractivity contribution in [3.8, 4) is 0 Å². The molecular formula is C26H34N2O3S. The van der Waals surface area contributed by atoms with Gasteiger partial charge in [0.05, 0.1) is 12.6 Å². The fraction of sp³-hybridized carbons (Fsp3) is 0.538. The number of aryl methyl sites for hydroxylation is 1. The summed E-state index contributed by atoms with van der Waals surface area (Å²) in [7, 11) is 1.67. The largest absolute Gasteiger partial charge is 0.385 e. The number of thiophene rings is 1. The van der Waals surface area contributed by atoms with Gasteiger partial charge in [0.25, 0.3) is 0 Å². The highest BCUT2D eigenvalue weighted by Gasteiger charge is 2.35. The van der Waals surface area contributed by atoms with E-state index in [1.165, 1.54) is 21.6 Å². The number of hydrogen-bond donors (Lipinski definition) is 0. The van der Waals surface area contributed by atoms with Crippen molar-refractivity contribution in [3.63, 3.8) is 0 Å². The van der Waals surface area contributed by atoms with E-state index in [0.29, 0.717) is 19.7 Å². The zero-order chi connectivity index (χ0) is 22.5. The molecule has 2 aromatic rings. The second-order valence-corrected chi connectivity index (χ2v) is 9.98. The number of fused-ring (bicyclic) bond motifs is 1. The Kier molecular flexibility index (Phi) is 7.63. The van der Waals surface area contributed by atoms with Crippen LogP contribution in [-0.4, -0.2) is 55.0 Å². The summed E-state index contributed by atoms with van der Waals surface area (Å²) >= 11 is 1.78. The molecule has 0 saturated heterocycles. The Morgan fingerprint density at radius 1 is 1.16 bits per heavy atom. The monoisotopic (exact) mass is 454 g/mol. The Hall–Kier alpha value is -2.18. The molecule has 2 aliphatic rings. The maximum absolute atomic E-state index is 13.7. The van der Waals surface area contributed by atoms with Crippen LogP contribution >= 0.6 is 11.3 Å². The third-order valence-electron chi connectivity index (χ3n) is 6.89. The average molecular weight is 455 g/mol. The van der Waals surface area contributed by atoms with Crippen molar-refractivity contribution in [2.45, 2.75) is 51.5 Å². The fourth-order valence-electron chi connectivity index (χ4n) is 5.17. The summed E-state index contributed by atoms with van der Waals surface area (Å²) in [5.74, 6) is 0.258. The van der Waals surface area contributed by atoms with Crippen molar-refractivity contribution in [3.05, 3.63) is 57.3 Å². The van der Waals surface area contributed by atoms with Gasteiger partial charge >= 0.3 is 0 Å². The maximum Gasteiger partial charge on any atom is 0.242 e. The van der Waals surface area contributed by atoms with Crippen LogP contribution in [0.25, 0.3) is 0 Å². The minimum absolute atomic E-state index is 0.0406. The van der Waals surface area contributed by atoms with Crippen LogP contribution in [0.5, 0.6) is 0 Å². The van der Waals surface area contributed by atoms with E-state index in [2.05, 4.69) is 30.5 Å². The molecule has 1 atom stereocenters. The summed E-state index contributed by atoms with van der Waals surface area (Å²) < 4.78 is 5.20. The maximum atomic E-state index is 13.7. The minimum Gasteiger partial charge on any atom is -0.385 e. The first-order valence-corrected chi connectivity index (χ1v) is 12.7. The molecule has 1 fully saturated rings. The molecule has 1 aliphatic carbocycles. The first-order valence-electron chi connectivity index (χ1n) is 11.8. The number of ether oxygens (including phenoxy) is 1. The highest BCUT2D eigenvalue weighted by Crippen LogP contribution is 2.39. The van der Waals surface area contributed by atoms with Gasteiger partial charge in [0, 0.05) is 37.6 Å². The van der Waals surface area contributed by atoms with Crippen LogP contribution in [0.1, 0.15) is 59.7 Å². The van der Waals surface area contributed by atoms with Gasteiger partial charge in [-0.2, -0.15) is 0 Å². The molecule has 1 unspecified atom stereocenters. The van der Waals surface area contributed by atoms with E-state index in [4.69, 9.17) is 4.74 Å². The average Bonchev–Trinajstić information content (AvgIpc) is 3.50. The molecule has 2 heterocycles. The van der Waals surface area contributed by atoms with Crippen LogP contribution in [-0.2, 0) is 20.7 Å². The number of carbonyl (C=O) groups excluding carboxylic acids is 2. The molecule has 0 N–H and O–H groups in total. The Bertz CT molecular complexity index is 935. The predicted molar refractivity (Wildman–Crippen MR) is 128 cm³/mol. The van der Waals surface area contributed by atoms with Gasteiger partial charge in [-0.3, -0.25) is 9.59 Å². The van der Waals surface area contributed by atoms with Crippen LogP contribution in [0.15, 0.2) is 35.7 Å². The van der Waals surface area contributed by atoms with Gasteiger partial charge in [-0.05, 0) is 60.7 Å². The number of nitrogens with zero attached hydrogens (tertiary/aromatic N) is 2. The number of benzene rings is 1. The topological polar surface area (TPSA) is 49.9 Å². The molecule has 5 nitrogen and oxygen atoms in total. The van der Waals surface area contributed by atoms with Gasteiger partial charge in [0.15, 0.2) is 0 Å². The molecule has 32 heavy (non-hydrogen) atoms.